The molecule has 1 amide bonds. The number of hydrogen-bond donors (Lipinski definition) is 0. The quantitative estimate of drug-likeness (QED) is 0.704. The zero-order valence-corrected chi connectivity index (χ0v) is 16.6. The van der Waals surface area contributed by atoms with Crippen LogP contribution < -0.4 is 4.90 Å². The van der Waals surface area contributed by atoms with Gasteiger partial charge in [0.05, 0.1) is 17.6 Å². The number of carbonyl (C=O) groups excluding carboxylic acids is 2. The maximum Gasteiger partial charge on any atom is 0.230 e. The fourth-order valence-electron chi connectivity index (χ4n) is 3.25. The molecular weight excluding hydrogens is 370 g/mol. The van der Waals surface area contributed by atoms with Crippen LogP contribution in [0.25, 0.3) is 0 Å². The number of amides is 1. The lowest BCUT2D eigenvalue weighted by molar-refractivity contribution is -0.132. The smallest absolute Gasteiger partial charge is 0.230 e. The van der Waals surface area contributed by atoms with Crippen LogP contribution in [0.2, 0.25) is 0 Å². The van der Waals surface area contributed by atoms with Crippen LogP contribution in [0.5, 0.6) is 0 Å². The summed E-state index contributed by atoms with van der Waals surface area (Å²) in [5, 5.41) is 0. The third-order valence-electron chi connectivity index (χ3n) is 4.91. The van der Waals surface area contributed by atoms with E-state index in [0.29, 0.717) is 0 Å². The molecule has 0 aliphatic carbocycles. The molecule has 1 heterocycles. The summed E-state index contributed by atoms with van der Waals surface area (Å²) in [6, 6.07) is 5.78. The Bertz CT molecular complexity index is 629. The van der Waals surface area contributed by atoms with Crippen LogP contribution in [0.15, 0.2) is 22.7 Å². The number of rotatable bonds is 5. The molecule has 0 N–H and O–H groups in total. The molecule has 24 heavy (non-hydrogen) atoms. The first kappa shape index (κ1) is 19.1. The van der Waals surface area contributed by atoms with Crippen LogP contribution >= 0.6 is 15.9 Å². The molecule has 1 aliphatic rings. The summed E-state index contributed by atoms with van der Waals surface area (Å²) in [7, 11) is 1.75. The summed E-state index contributed by atoms with van der Waals surface area (Å²) in [5.74, 6) is -0.907. The van der Waals surface area contributed by atoms with Gasteiger partial charge in [-0.2, -0.15) is 0 Å². The van der Waals surface area contributed by atoms with Crippen molar-refractivity contribution in [2.24, 2.45) is 11.8 Å². The second-order valence-electron chi connectivity index (χ2n) is 7.29. The van der Waals surface area contributed by atoms with Gasteiger partial charge in [0.1, 0.15) is 6.29 Å². The van der Waals surface area contributed by atoms with Crippen LogP contribution in [-0.4, -0.2) is 30.9 Å². The molecular formula is C19H26BrNO3. The Morgan fingerprint density at radius 2 is 2.12 bits per heavy atom. The van der Waals surface area contributed by atoms with Crippen LogP contribution in [0.1, 0.15) is 39.2 Å². The second-order valence-corrected chi connectivity index (χ2v) is 8.14. The van der Waals surface area contributed by atoms with Gasteiger partial charge in [-0.05, 0) is 57.4 Å². The van der Waals surface area contributed by atoms with E-state index in [4.69, 9.17) is 4.74 Å². The Morgan fingerprint density at radius 1 is 1.46 bits per heavy atom. The number of ether oxygens (including phenoxy) is 1. The maximum absolute atomic E-state index is 12.9. The molecule has 0 radical (unpaired) electrons. The monoisotopic (exact) mass is 395 g/mol. The van der Waals surface area contributed by atoms with Crippen molar-refractivity contribution in [3.8, 4) is 0 Å². The van der Waals surface area contributed by atoms with E-state index in [1.165, 1.54) is 0 Å². The van der Waals surface area contributed by atoms with E-state index >= 15 is 0 Å². The first-order valence-electron chi connectivity index (χ1n) is 8.33. The molecule has 1 aromatic rings. The minimum atomic E-state index is -0.421. The Balaban J connectivity index is 2.14. The molecule has 0 spiro atoms. The van der Waals surface area contributed by atoms with Crippen molar-refractivity contribution in [2.75, 3.05) is 11.9 Å². The van der Waals surface area contributed by atoms with Crippen molar-refractivity contribution in [1.82, 2.24) is 0 Å². The Kier molecular flexibility index (Phi) is 5.87. The van der Waals surface area contributed by atoms with Crippen LogP contribution in [0.3, 0.4) is 0 Å². The van der Waals surface area contributed by atoms with Crippen molar-refractivity contribution in [2.45, 2.75) is 52.2 Å². The second kappa shape index (κ2) is 7.36. The van der Waals surface area contributed by atoms with E-state index in [-0.39, 0.29) is 17.6 Å². The summed E-state index contributed by atoms with van der Waals surface area (Å²) >= 11 is 3.47. The highest BCUT2D eigenvalue weighted by molar-refractivity contribution is 9.10. The summed E-state index contributed by atoms with van der Waals surface area (Å²) in [4.78, 5) is 26.1. The van der Waals surface area contributed by atoms with Crippen molar-refractivity contribution >= 4 is 33.8 Å². The van der Waals surface area contributed by atoms with Gasteiger partial charge in [0.25, 0.3) is 0 Å². The number of nitrogens with zero attached hydrogens (tertiary/aromatic N) is 1. The van der Waals surface area contributed by atoms with E-state index in [9.17, 15) is 9.59 Å². The molecule has 0 bridgehead atoms. The van der Waals surface area contributed by atoms with Gasteiger partial charge >= 0.3 is 0 Å². The highest BCUT2D eigenvalue weighted by Crippen LogP contribution is 2.35. The largest absolute Gasteiger partial charge is 0.372 e. The van der Waals surface area contributed by atoms with Crippen LogP contribution in [0.4, 0.5) is 5.69 Å². The van der Waals surface area contributed by atoms with Gasteiger partial charge in [0, 0.05) is 23.1 Å². The lowest BCUT2D eigenvalue weighted by Crippen LogP contribution is -2.40. The van der Waals surface area contributed by atoms with Gasteiger partial charge < -0.3 is 14.4 Å². The Hall–Kier alpha value is -1.20. The van der Waals surface area contributed by atoms with Crippen LogP contribution in [-0.2, 0) is 14.3 Å². The molecule has 1 fully saturated rings. The van der Waals surface area contributed by atoms with E-state index < -0.39 is 11.8 Å². The third kappa shape index (κ3) is 4.06. The summed E-state index contributed by atoms with van der Waals surface area (Å²) in [6.07, 6.45) is 2.42. The van der Waals surface area contributed by atoms with E-state index in [2.05, 4.69) is 15.9 Å². The number of carbonyl (C=O) groups is 2. The molecule has 5 heteroatoms. The first-order chi connectivity index (χ1) is 11.2. The molecule has 1 aliphatic heterocycles. The minimum absolute atomic E-state index is 0.0675. The molecule has 3 atom stereocenters. The highest BCUT2D eigenvalue weighted by atomic mass is 79.9. The van der Waals surface area contributed by atoms with Crippen molar-refractivity contribution < 1.29 is 14.3 Å². The maximum atomic E-state index is 12.9. The number of hydrogen-bond acceptors (Lipinski definition) is 3. The summed E-state index contributed by atoms with van der Waals surface area (Å²) in [6.45, 7) is 7.85. The normalized spacial score (nSPS) is 22.0. The molecule has 132 valence electrons. The Labute approximate surface area is 152 Å². The van der Waals surface area contributed by atoms with Crippen LogP contribution in [0, 0.1) is 18.8 Å². The molecule has 0 aromatic heterocycles. The zero-order chi connectivity index (χ0) is 18.1. The van der Waals surface area contributed by atoms with Gasteiger partial charge in [0.2, 0.25) is 5.91 Å². The topological polar surface area (TPSA) is 46.6 Å². The Morgan fingerprint density at radius 3 is 2.62 bits per heavy atom. The average molecular weight is 396 g/mol. The molecule has 2 rings (SSSR count). The first-order valence-corrected chi connectivity index (χ1v) is 9.12. The third-order valence-corrected chi connectivity index (χ3v) is 5.80. The number of benzene rings is 1. The van der Waals surface area contributed by atoms with E-state index in [0.717, 1.165) is 34.9 Å². The summed E-state index contributed by atoms with van der Waals surface area (Å²) in [5.41, 5.74) is 1.67. The number of aryl methyl sites for hydroxylation is 1. The van der Waals surface area contributed by atoms with Gasteiger partial charge in [-0.15, -0.1) is 0 Å². The highest BCUT2D eigenvalue weighted by Gasteiger charge is 2.40. The average Bonchev–Trinajstić information content (AvgIpc) is 2.89. The lowest BCUT2D eigenvalue weighted by atomic mass is 9.87. The molecule has 0 saturated carbocycles. The molecule has 1 aromatic carbocycles. The predicted molar refractivity (Wildman–Crippen MR) is 99.2 cm³/mol. The van der Waals surface area contributed by atoms with Gasteiger partial charge in [-0.1, -0.05) is 22.9 Å². The summed E-state index contributed by atoms with van der Waals surface area (Å²) < 4.78 is 6.99. The fraction of sp³-hybridized carbons (Fsp3) is 0.579. The SMILES string of the molecule is Cc1cc(N(C)C(=O)C(C)C(C=O)C2CCC(C)(C)O2)ccc1Br. The number of aldehydes is 1. The minimum Gasteiger partial charge on any atom is -0.372 e. The zero-order valence-electron chi connectivity index (χ0n) is 15.0. The predicted octanol–water partition coefficient (Wildman–Crippen LogP) is 4.13. The fourth-order valence-corrected chi connectivity index (χ4v) is 3.50. The van der Waals surface area contributed by atoms with Gasteiger partial charge in [0.15, 0.2) is 0 Å². The van der Waals surface area contributed by atoms with Crippen molar-refractivity contribution in [3.63, 3.8) is 0 Å². The van der Waals surface area contributed by atoms with Gasteiger partial charge in [-0.3, -0.25) is 4.79 Å². The number of halogens is 1. The standard InChI is InChI=1S/C19H26BrNO3/c1-12-10-14(6-7-16(12)20)21(5)18(23)13(2)15(11-22)17-8-9-19(3,4)24-17/h6-7,10-11,13,15,17H,8-9H2,1-5H3. The molecule has 1 saturated heterocycles. The molecule has 4 nitrogen and oxygen atoms in total. The van der Waals surface area contributed by atoms with Gasteiger partial charge in [-0.25, -0.2) is 0 Å². The lowest BCUT2D eigenvalue weighted by Gasteiger charge is -2.29. The van der Waals surface area contributed by atoms with Crippen molar-refractivity contribution in [1.29, 1.82) is 0 Å². The molecule has 3 unspecified atom stereocenters. The van der Waals surface area contributed by atoms with E-state index in [1.807, 2.05) is 45.9 Å². The van der Waals surface area contributed by atoms with Crippen molar-refractivity contribution in [3.05, 3.63) is 28.2 Å². The van der Waals surface area contributed by atoms with E-state index in [1.54, 1.807) is 11.9 Å². The number of anilines is 1.